The minimum absolute atomic E-state index is 0.778. The molecule has 1 rings (SSSR count). The standard InChI is InChI=1S/C11H15NO/c1-3-6-11(12-13)10-8-5-4-7-9(10)2/h4-5,7-8,13H,3,6H2,1-2H3/b12-11+. The van der Waals surface area contributed by atoms with Gasteiger partial charge in [0.05, 0.1) is 5.71 Å². The van der Waals surface area contributed by atoms with Gasteiger partial charge in [0.15, 0.2) is 0 Å². The van der Waals surface area contributed by atoms with Gasteiger partial charge in [-0.05, 0) is 18.9 Å². The van der Waals surface area contributed by atoms with Crippen LogP contribution in [0.4, 0.5) is 0 Å². The van der Waals surface area contributed by atoms with E-state index in [1.165, 1.54) is 0 Å². The van der Waals surface area contributed by atoms with E-state index in [4.69, 9.17) is 5.21 Å². The van der Waals surface area contributed by atoms with Gasteiger partial charge in [-0.3, -0.25) is 0 Å². The lowest BCUT2D eigenvalue weighted by Gasteiger charge is -2.05. The number of oxime groups is 1. The van der Waals surface area contributed by atoms with Crippen molar-refractivity contribution in [2.45, 2.75) is 26.7 Å². The summed E-state index contributed by atoms with van der Waals surface area (Å²) in [5, 5.41) is 12.1. The molecule has 0 spiro atoms. The fourth-order valence-corrected chi connectivity index (χ4v) is 1.37. The summed E-state index contributed by atoms with van der Waals surface area (Å²) in [6.45, 7) is 4.10. The maximum Gasteiger partial charge on any atom is 0.0870 e. The molecule has 0 radical (unpaired) electrons. The fourth-order valence-electron chi connectivity index (χ4n) is 1.37. The summed E-state index contributed by atoms with van der Waals surface area (Å²) in [7, 11) is 0. The summed E-state index contributed by atoms with van der Waals surface area (Å²) in [5.41, 5.74) is 2.98. The third-order valence-corrected chi connectivity index (χ3v) is 2.06. The van der Waals surface area contributed by atoms with Crippen LogP contribution in [0, 0.1) is 6.92 Å². The number of hydrogen-bond acceptors (Lipinski definition) is 2. The molecule has 0 unspecified atom stereocenters. The van der Waals surface area contributed by atoms with Crippen molar-refractivity contribution in [2.24, 2.45) is 5.16 Å². The molecule has 0 saturated heterocycles. The maximum absolute atomic E-state index is 8.82. The second-order valence-electron chi connectivity index (χ2n) is 3.11. The lowest BCUT2D eigenvalue weighted by molar-refractivity contribution is 0.318. The number of hydrogen-bond donors (Lipinski definition) is 1. The minimum atomic E-state index is 0.778. The van der Waals surface area contributed by atoms with Crippen LogP contribution in [0.25, 0.3) is 0 Å². The molecule has 70 valence electrons. The van der Waals surface area contributed by atoms with Crippen molar-refractivity contribution in [3.05, 3.63) is 35.4 Å². The van der Waals surface area contributed by atoms with E-state index in [1.807, 2.05) is 31.2 Å². The molecular formula is C11H15NO. The fraction of sp³-hybridized carbons (Fsp3) is 0.364. The molecule has 0 fully saturated rings. The Bertz CT molecular complexity index is 305. The summed E-state index contributed by atoms with van der Waals surface area (Å²) >= 11 is 0. The summed E-state index contributed by atoms with van der Waals surface area (Å²) in [6, 6.07) is 7.96. The van der Waals surface area contributed by atoms with Crippen LogP contribution >= 0.6 is 0 Å². The number of nitrogens with zero attached hydrogens (tertiary/aromatic N) is 1. The van der Waals surface area contributed by atoms with Gasteiger partial charge in [0.2, 0.25) is 0 Å². The van der Waals surface area contributed by atoms with E-state index in [2.05, 4.69) is 12.1 Å². The Morgan fingerprint density at radius 3 is 2.62 bits per heavy atom. The zero-order valence-corrected chi connectivity index (χ0v) is 8.12. The Labute approximate surface area is 78.9 Å². The Balaban J connectivity index is 2.99. The molecule has 2 heteroatoms. The van der Waals surface area contributed by atoms with Crippen LogP contribution in [-0.2, 0) is 0 Å². The molecule has 1 N–H and O–H groups in total. The Kier molecular flexibility index (Phi) is 3.50. The van der Waals surface area contributed by atoms with Crippen molar-refractivity contribution in [3.63, 3.8) is 0 Å². The van der Waals surface area contributed by atoms with Gasteiger partial charge >= 0.3 is 0 Å². The van der Waals surface area contributed by atoms with E-state index in [0.29, 0.717) is 0 Å². The second-order valence-corrected chi connectivity index (χ2v) is 3.11. The van der Waals surface area contributed by atoms with Crippen molar-refractivity contribution in [1.29, 1.82) is 0 Å². The molecule has 0 bridgehead atoms. The highest BCUT2D eigenvalue weighted by atomic mass is 16.4. The normalized spacial score (nSPS) is 11.7. The van der Waals surface area contributed by atoms with E-state index in [0.717, 1.165) is 29.7 Å². The quantitative estimate of drug-likeness (QED) is 0.429. The van der Waals surface area contributed by atoms with Gasteiger partial charge in [-0.2, -0.15) is 0 Å². The van der Waals surface area contributed by atoms with Crippen LogP contribution in [0.5, 0.6) is 0 Å². The zero-order chi connectivity index (χ0) is 9.68. The molecule has 2 nitrogen and oxygen atoms in total. The topological polar surface area (TPSA) is 32.6 Å². The largest absolute Gasteiger partial charge is 0.411 e. The minimum Gasteiger partial charge on any atom is -0.411 e. The zero-order valence-electron chi connectivity index (χ0n) is 8.12. The van der Waals surface area contributed by atoms with Crippen LogP contribution in [0.15, 0.2) is 29.4 Å². The Morgan fingerprint density at radius 1 is 1.38 bits per heavy atom. The van der Waals surface area contributed by atoms with E-state index in [9.17, 15) is 0 Å². The van der Waals surface area contributed by atoms with Crippen molar-refractivity contribution in [2.75, 3.05) is 0 Å². The predicted octanol–water partition coefficient (Wildman–Crippen LogP) is 2.97. The first-order valence-electron chi connectivity index (χ1n) is 4.56. The molecule has 0 aliphatic heterocycles. The lowest BCUT2D eigenvalue weighted by Crippen LogP contribution is -2.02. The molecule has 0 heterocycles. The van der Waals surface area contributed by atoms with Crippen molar-refractivity contribution >= 4 is 5.71 Å². The van der Waals surface area contributed by atoms with Gasteiger partial charge in [-0.15, -0.1) is 0 Å². The van der Waals surface area contributed by atoms with Crippen molar-refractivity contribution in [1.82, 2.24) is 0 Å². The van der Waals surface area contributed by atoms with Gasteiger partial charge in [-0.1, -0.05) is 42.8 Å². The van der Waals surface area contributed by atoms with Crippen molar-refractivity contribution in [3.8, 4) is 0 Å². The molecule has 0 atom stereocenters. The average Bonchev–Trinajstić information content (AvgIpc) is 2.16. The van der Waals surface area contributed by atoms with Gasteiger partial charge in [0.25, 0.3) is 0 Å². The maximum atomic E-state index is 8.82. The Hall–Kier alpha value is -1.31. The molecule has 0 aliphatic carbocycles. The number of aryl methyl sites for hydroxylation is 1. The molecule has 0 aromatic heterocycles. The summed E-state index contributed by atoms with van der Waals surface area (Å²) in [6.07, 6.45) is 1.81. The third kappa shape index (κ3) is 2.31. The van der Waals surface area contributed by atoms with Crippen molar-refractivity contribution < 1.29 is 5.21 Å². The van der Waals surface area contributed by atoms with E-state index < -0.39 is 0 Å². The third-order valence-electron chi connectivity index (χ3n) is 2.06. The first-order valence-corrected chi connectivity index (χ1v) is 4.56. The molecule has 0 amide bonds. The van der Waals surface area contributed by atoms with Crippen LogP contribution in [0.2, 0.25) is 0 Å². The van der Waals surface area contributed by atoms with E-state index in [-0.39, 0.29) is 0 Å². The summed E-state index contributed by atoms with van der Waals surface area (Å²) in [5.74, 6) is 0. The smallest absolute Gasteiger partial charge is 0.0870 e. The van der Waals surface area contributed by atoms with E-state index >= 15 is 0 Å². The first kappa shape index (κ1) is 9.78. The van der Waals surface area contributed by atoms with Gasteiger partial charge in [0.1, 0.15) is 0 Å². The van der Waals surface area contributed by atoms with Crippen LogP contribution < -0.4 is 0 Å². The van der Waals surface area contributed by atoms with E-state index in [1.54, 1.807) is 0 Å². The SMILES string of the molecule is CCC/C(=N\O)c1ccccc1C. The lowest BCUT2D eigenvalue weighted by atomic mass is 10.0. The molecule has 13 heavy (non-hydrogen) atoms. The molecule has 1 aromatic carbocycles. The van der Waals surface area contributed by atoms with Gasteiger partial charge in [0, 0.05) is 5.56 Å². The average molecular weight is 177 g/mol. The highest BCUT2D eigenvalue weighted by molar-refractivity contribution is 6.01. The van der Waals surface area contributed by atoms with Crippen LogP contribution in [0.3, 0.4) is 0 Å². The van der Waals surface area contributed by atoms with Crippen LogP contribution in [-0.4, -0.2) is 10.9 Å². The number of rotatable bonds is 3. The Morgan fingerprint density at radius 2 is 2.08 bits per heavy atom. The second kappa shape index (κ2) is 4.65. The highest BCUT2D eigenvalue weighted by Gasteiger charge is 2.04. The van der Waals surface area contributed by atoms with Gasteiger partial charge in [-0.25, -0.2) is 0 Å². The monoisotopic (exact) mass is 177 g/mol. The molecular weight excluding hydrogens is 162 g/mol. The summed E-state index contributed by atoms with van der Waals surface area (Å²) < 4.78 is 0. The first-order chi connectivity index (χ1) is 6.29. The molecule has 1 aromatic rings. The van der Waals surface area contributed by atoms with Gasteiger partial charge < -0.3 is 5.21 Å². The summed E-state index contributed by atoms with van der Waals surface area (Å²) in [4.78, 5) is 0. The van der Waals surface area contributed by atoms with Crippen LogP contribution in [0.1, 0.15) is 30.9 Å². The number of benzene rings is 1. The highest BCUT2D eigenvalue weighted by Crippen LogP contribution is 2.11. The predicted molar refractivity (Wildman–Crippen MR) is 54.4 cm³/mol. The molecule has 0 saturated carbocycles. The molecule has 0 aliphatic rings.